The van der Waals surface area contributed by atoms with Crippen LogP contribution in [0.4, 0.5) is 5.13 Å². The number of thiazole rings is 1. The van der Waals surface area contributed by atoms with Gasteiger partial charge in [-0.05, 0) is 24.3 Å². The van der Waals surface area contributed by atoms with Crippen molar-refractivity contribution in [3.8, 4) is 0 Å². The molecule has 0 atom stereocenters. The third-order valence-corrected chi connectivity index (χ3v) is 5.88. The van der Waals surface area contributed by atoms with Crippen LogP contribution < -0.4 is 9.80 Å². The van der Waals surface area contributed by atoms with Gasteiger partial charge in [-0.2, -0.15) is 0 Å². The first-order valence-corrected chi connectivity index (χ1v) is 10.2. The number of nitrogens with one attached hydrogen (secondary N) is 1. The van der Waals surface area contributed by atoms with E-state index in [-0.39, 0.29) is 12.5 Å². The first-order chi connectivity index (χ1) is 14.0. The Morgan fingerprint density at radius 3 is 2.28 bits per heavy atom. The summed E-state index contributed by atoms with van der Waals surface area (Å²) >= 11 is 1.43. The molecule has 0 bridgehead atoms. The average Bonchev–Trinajstić information content (AvgIpc) is 3.23. The Labute approximate surface area is 172 Å². The number of aromatic nitrogens is 1. The fourth-order valence-corrected chi connectivity index (χ4v) is 4.25. The monoisotopic (exact) mass is 409 g/mol. The lowest BCUT2D eigenvalue weighted by atomic mass is 10.1. The van der Waals surface area contributed by atoms with Crippen molar-refractivity contribution >= 4 is 44.4 Å². The number of rotatable bonds is 6. The number of para-hydroxylation sites is 1. The average molecular weight is 409 g/mol. The highest BCUT2D eigenvalue weighted by Crippen LogP contribution is 2.29. The number of anilines is 1. The molecular weight excluding hydrogens is 388 g/mol. The Morgan fingerprint density at radius 2 is 1.66 bits per heavy atom. The summed E-state index contributed by atoms with van der Waals surface area (Å²) in [5.41, 5.74) is 1.51. The predicted octanol–water partition coefficient (Wildman–Crippen LogP) is 1.07. The molecule has 0 unspecified atom stereocenters. The summed E-state index contributed by atoms with van der Waals surface area (Å²) < 4.78 is 0.984. The summed E-state index contributed by atoms with van der Waals surface area (Å²) in [5.74, 6) is -1.18. The third-order valence-electron chi connectivity index (χ3n) is 4.82. The van der Waals surface area contributed by atoms with Crippen LogP contribution in [-0.2, 0) is 4.79 Å². The van der Waals surface area contributed by atoms with Gasteiger partial charge < -0.3 is 4.90 Å². The molecule has 3 amide bonds. The summed E-state index contributed by atoms with van der Waals surface area (Å²) in [6, 6.07) is 14.3. The summed E-state index contributed by atoms with van der Waals surface area (Å²) in [4.78, 5) is 46.8. The van der Waals surface area contributed by atoms with Crippen LogP contribution in [0, 0.1) is 0 Å². The van der Waals surface area contributed by atoms with Gasteiger partial charge in [0.05, 0.1) is 48.5 Å². The molecule has 29 heavy (non-hydrogen) atoms. The van der Waals surface area contributed by atoms with Crippen molar-refractivity contribution < 1.29 is 19.3 Å². The number of hydrogen-bond donors (Lipinski definition) is 1. The van der Waals surface area contributed by atoms with Gasteiger partial charge in [-0.1, -0.05) is 35.6 Å². The first kappa shape index (κ1) is 19.2. The minimum atomic E-state index is -0.429. The van der Waals surface area contributed by atoms with E-state index in [1.165, 1.54) is 16.2 Å². The number of amides is 3. The lowest BCUT2D eigenvalue weighted by molar-refractivity contribution is -0.856. The third kappa shape index (κ3) is 3.64. The number of fused-ring (bicyclic) bond motifs is 2. The molecular formula is C21H21N4O3S+. The van der Waals surface area contributed by atoms with E-state index in [4.69, 9.17) is 0 Å². The van der Waals surface area contributed by atoms with Gasteiger partial charge in [-0.25, -0.2) is 4.98 Å². The molecule has 3 aromatic rings. The molecule has 1 N–H and O–H groups in total. The van der Waals surface area contributed by atoms with E-state index < -0.39 is 11.8 Å². The van der Waals surface area contributed by atoms with E-state index in [0.29, 0.717) is 29.3 Å². The van der Waals surface area contributed by atoms with Crippen molar-refractivity contribution in [2.75, 3.05) is 38.6 Å². The number of carbonyl (C=O) groups excluding carboxylic acids is 3. The standard InChI is InChI=1S/C21H20N4O3S/c1-23(2)11-12-24(21-22-16-9-5-6-10-17(16)29-21)18(26)13-25-19(27)14-7-3-4-8-15(14)20(25)28/h3-10H,11-13H2,1-2H3/p+1. The number of hydrogen-bond acceptors (Lipinski definition) is 5. The maximum absolute atomic E-state index is 13.2. The molecule has 4 rings (SSSR count). The zero-order valence-electron chi connectivity index (χ0n) is 16.2. The number of benzene rings is 2. The minimum Gasteiger partial charge on any atom is -0.338 e. The van der Waals surface area contributed by atoms with Crippen molar-refractivity contribution in [3.63, 3.8) is 0 Å². The molecule has 0 aliphatic carbocycles. The van der Waals surface area contributed by atoms with Crippen molar-refractivity contribution in [1.82, 2.24) is 9.88 Å². The van der Waals surface area contributed by atoms with Gasteiger partial charge in [0.2, 0.25) is 5.91 Å². The summed E-state index contributed by atoms with van der Waals surface area (Å²) in [5, 5.41) is 0.578. The van der Waals surface area contributed by atoms with E-state index in [1.807, 2.05) is 38.4 Å². The van der Waals surface area contributed by atoms with Crippen molar-refractivity contribution in [2.24, 2.45) is 0 Å². The van der Waals surface area contributed by atoms with E-state index in [9.17, 15) is 14.4 Å². The molecule has 148 valence electrons. The van der Waals surface area contributed by atoms with Crippen LogP contribution in [0.3, 0.4) is 0 Å². The van der Waals surface area contributed by atoms with Crippen LogP contribution in [0.1, 0.15) is 20.7 Å². The summed E-state index contributed by atoms with van der Waals surface area (Å²) in [7, 11) is 4.01. The largest absolute Gasteiger partial charge is 0.338 e. The zero-order chi connectivity index (χ0) is 20.5. The molecule has 0 saturated carbocycles. The maximum Gasteiger partial charge on any atom is 0.262 e. The van der Waals surface area contributed by atoms with Crippen LogP contribution >= 0.6 is 11.3 Å². The Morgan fingerprint density at radius 1 is 1.03 bits per heavy atom. The van der Waals surface area contributed by atoms with E-state index in [0.717, 1.165) is 15.1 Å². The molecule has 1 aliphatic heterocycles. The summed E-state index contributed by atoms with van der Waals surface area (Å²) in [6.07, 6.45) is 0. The van der Waals surface area contributed by atoms with Gasteiger partial charge in [0.25, 0.3) is 11.8 Å². The SMILES string of the molecule is C[NH+](C)CCN(C(=O)CN1C(=O)c2ccccc2C1=O)c1nc2ccccc2s1. The van der Waals surface area contributed by atoms with Gasteiger partial charge >= 0.3 is 0 Å². The van der Waals surface area contributed by atoms with E-state index >= 15 is 0 Å². The number of imide groups is 1. The highest BCUT2D eigenvalue weighted by molar-refractivity contribution is 7.22. The van der Waals surface area contributed by atoms with Gasteiger partial charge in [-0.3, -0.25) is 24.2 Å². The highest BCUT2D eigenvalue weighted by atomic mass is 32.1. The molecule has 0 radical (unpaired) electrons. The zero-order valence-corrected chi connectivity index (χ0v) is 17.0. The Bertz CT molecular complexity index is 1040. The molecule has 1 aliphatic rings. The second-order valence-electron chi connectivity index (χ2n) is 7.21. The molecule has 0 spiro atoms. The fraction of sp³-hybridized carbons (Fsp3) is 0.238. The van der Waals surface area contributed by atoms with Gasteiger partial charge in [0, 0.05) is 0 Å². The lowest BCUT2D eigenvalue weighted by Gasteiger charge is -2.23. The van der Waals surface area contributed by atoms with Crippen LogP contribution in [0.5, 0.6) is 0 Å². The fourth-order valence-electron chi connectivity index (χ4n) is 3.24. The van der Waals surface area contributed by atoms with E-state index in [2.05, 4.69) is 4.98 Å². The molecule has 1 aromatic heterocycles. The molecule has 0 saturated heterocycles. The minimum absolute atomic E-state index is 0.301. The van der Waals surface area contributed by atoms with E-state index in [1.54, 1.807) is 29.2 Å². The van der Waals surface area contributed by atoms with Crippen LogP contribution in [0.25, 0.3) is 10.2 Å². The number of carbonyl (C=O) groups is 3. The quantitative estimate of drug-likeness (QED) is 0.618. The summed E-state index contributed by atoms with van der Waals surface area (Å²) in [6.45, 7) is 0.860. The topological polar surface area (TPSA) is 75.0 Å². The Hall–Kier alpha value is -3.10. The van der Waals surface area contributed by atoms with Gasteiger partial charge in [-0.15, -0.1) is 0 Å². The molecule has 2 aromatic carbocycles. The number of likely N-dealkylation sites (N-methyl/N-ethyl adjacent to an activating group) is 1. The van der Waals surface area contributed by atoms with Crippen LogP contribution in [0.2, 0.25) is 0 Å². The second kappa shape index (κ2) is 7.73. The van der Waals surface area contributed by atoms with Crippen molar-refractivity contribution in [2.45, 2.75) is 0 Å². The predicted molar refractivity (Wildman–Crippen MR) is 111 cm³/mol. The Kier molecular flexibility index (Phi) is 5.12. The van der Waals surface area contributed by atoms with Gasteiger partial charge in [0.1, 0.15) is 6.54 Å². The highest BCUT2D eigenvalue weighted by Gasteiger charge is 2.37. The smallest absolute Gasteiger partial charge is 0.262 e. The molecule has 2 heterocycles. The number of quaternary nitrogens is 1. The normalized spacial score (nSPS) is 13.4. The molecule has 7 nitrogen and oxygen atoms in total. The van der Waals surface area contributed by atoms with Crippen LogP contribution in [-0.4, -0.2) is 61.3 Å². The molecule has 8 heteroatoms. The number of nitrogens with zero attached hydrogens (tertiary/aromatic N) is 3. The Balaban J connectivity index is 1.60. The van der Waals surface area contributed by atoms with Gasteiger partial charge in [0.15, 0.2) is 5.13 Å². The van der Waals surface area contributed by atoms with Crippen LogP contribution in [0.15, 0.2) is 48.5 Å². The second-order valence-corrected chi connectivity index (χ2v) is 8.22. The first-order valence-electron chi connectivity index (χ1n) is 9.36. The van der Waals surface area contributed by atoms with Crippen molar-refractivity contribution in [1.29, 1.82) is 0 Å². The lowest BCUT2D eigenvalue weighted by Crippen LogP contribution is -3.06. The van der Waals surface area contributed by atoms with Crippen molar-refractivity contribution in [3.05, 3.63) is 59.7 Å². The molecule has 0 fully saturated rings. The maximum atomic E-state index is 13.2.